The van der Waals surface area contributed by atoms with E-state index in [-0.39, 0.29) is 12.0 Å². The van der Waals surface area contributed by atoms with Gasteiger partial charge in [-0.15, -0.1) is 0 Å². The summed E-state index contributed by atoms with van der Waals surface area (Å²) in [6.45, 7) is 7.81. The lowest BCUT2D eigenvalue weighted by atomic mass is 10.1. The van der Waals surface area contributed by atoms with Crippen molar-refractivity contribution < 1.29 is 4.74 Å². The normalized spacial score (nSPS) is 20.2. The second-order valence-electron chi connectivity index (χ2n) is 4.61. The Morgan fingerprint density at radius 1 is 1.37 bits per heavy atom. The molecular weight excluding hydrogens is 244 g/mol. The molecule has 1 aliphatic heterocycles. The van der Waals surface area contributed by atoms with Gasteiger partial charge in [-0.05, 0) is 32.9 Å². The third-order valence-electron chi connectivity index (χ3n) is 3.19. The lowest BCUT2D eigenvalue weighted by Crippen LogP contribution is -2.42. The first-order chi connectivity index (χ1) is 9.21. The molecule has 106 valence electrons. The van der Waals surface area contributed by atoms with Gasteiger partial charge >= 0.3 is 6.01 Å². The molecule has 0 aromatic carbocycles. The molecule has 0 radical (unpaired) electrons. The lowest BCUT2D eigenvalue weighted by Gasteiger charge is -2.32. The Morgan fingerprint density at radius 2 is 2.21 bits per heavy atom. The van der Waals surface area contributed by atoms with Crippen LogP contribution in [0.4, 0.5) is 11.9 Å². The number of likely N-dealkylation sites (N-methyl/N-ethyl adjacent to an activating group) is 1. The number of nitrogen functional groups attached to an aromatic ring is 1. The summed E-state index contributed by atoms with van der Waals surface area (Å²) in [5.41, 5.74) is 5.66. The van der Waals surface area contributed by atoms with Gasteiger partial charge in [0.25, 0.3) is 0 Å². The molecule has 0 aliphatic carbocycles. The van der Waals surface area contributed by atoms with Crippen molar-refractivity contribution >= 4 is 11.9 Å². The molecule has 3 N–H and O–H groups in total. The molecule has 7 nitrogen and oxygen atoms in total. The second-order valence-corrected chi connectivity index (χ2v) is 4.61. The van der Waals surface area contributed by atoms with Gasteiger partial charge in [-0.1, -0.05) is 6.92 Å². The molecule has 0 saturated carbocycles. The summed E-state index contributed by atoms with van der Waals surface area (Å²) in [5.74, 6) is 0.683. The fourth-order valence-corrected chi connectivity index (χ4v) is 2.27. The monoisotopic (exact) mass is 266 g/mol. The molecule has 1 aromatic rings. The van der Waals surface area contributed by atoms with Crippen molar-refractivity contribution in [3.8, 4) is 6.01 Å². The van der Waals surface area contributed by atoms with Crippen molar-refractivity contribution in [2.24, 2.45) is 0 Å². The van der Waals surface area contributed by atoms with E-state index in [1.807, 2.05) is 6.92 Å². The van der Waals surface area contributed by atoms with Crippen LogP contribution in [0.3, 0.4) is 0 Å². The average Bonchev–Trinajstić information content (AvgIpc) is 2.38. The van der Waals surface area contributed by atoms with Crippen LogP contribution in [-0.2, 0) is 0 Å². The van der Waals surface area contributed by atoms with Gasteiger partial charge in [0.2, 0.25) is 11.9 Å². The third-order valence-corrected chi connectivity index (χ3v) is 3.19. The van der Waals surface area contributed by atoms with Crippen molar-refractivity contribution in [1.82, 2.24) is 19.9 Å². The maximum atomic E-state index is 5.66. The Labute approximate surface area is 113 Å². The predicted molar refractivity (Wildman–Crippen MR) is 74.2 cm³/mol. The number of nitrogens with zero attached hydrogens (tertiary/aromatic N) is 4. The molecule has 19 heavy (non-hydrogen) atoms. The van der Waals surface area contributed by atoms with E-state index in [0.29, 0.717) is 18.6 Å². The van der Waals surface area contributed by atoms with Crippen molar-refractivity contribution in [3.63, 3.8) is 0 Å². The molecule has 1 aliphatic rings. The summed E-state index contributed by atoms with van der Waals surface area (Å²) in [5, 5.41) is 3.32. The zero-order valence-electron chi connectivity index (χ0n) is 11.6. The Kier molecular flexibility index (Phi) is 4.73. The molecular formula is C12H22N6O. The van der Waals surface area contributed by atoms with Crippen molar-refractivity contribution in [3.05, 3.63) is 0 Å². The number of nitrogens with one attached hydrogen (secondary N) is 1. The molecule has 2 rings (SSSR count). The van der Waals surface area contributed by atoms with E-state index in [0.717, 1.165) is 26.1 Å². The van der Waals surface area contributed by atoms with Crippen LogP contribution in [0.25, 0.3) is 0 Å². The molecule has 7 heteroatoms. The number of anilines is 2. The molecule has 1 saturated heterocycles. The molecule has 2 heterocycles. The van der Waals surface area contributed by atoms with E-state index in [1.165, 1.54) is 6.42 Å². The van der Waals surface area contributed by atoms with Gasteiger partial charge < -0.3 is 20.7 Å². The fourth-order valence-electron chi connectivity index (χ4n) is 2.27. The number of hydrogen-bond donors (Lipinski definition) is 2. The highest BCUT2D eigenvalue weighted by Gasteiger charge is 2.19. The number of piperidine rings is 1. The minimum atomic E-state index is 0.184. The van der Waals surface area contributed by atoms with Gasteiger partial charge in [-0.2, -0.15) is 15.0 Å². The van der Waals surface area contributed by atoms with Crippen LogP contribution in [0, 0.1) is 0 Å². The highest BCUT2D eigenvalue weighted by atomic mass is 16.5. The summed E-state index contributed by atoms with van der Waals surface area (Å²) in [6, 6.07) is 0.630. The quantitative estimate of drug-likeness (QED) is 0.812. The zero-order valence-corrected chi connectivity index (χ0v) is 11.6. The van der Waals surface area contributed by atoms with Gasteiger partial charge in [-0.25, -0.2) is 0 Å². The fraction of sp³-hybridized carbons (Fsp3) is 0.750. The van der Waals surface area contributed by atoms with Gasteiger partial charge in [-0.3, -0.25) is 0 Å². The van der Waals surface area contributed by atoms with E-state index < -0.39 is 0 Å². The largest absolute Gasteiger partial charge is 0.464 e. The summed E-state index contributed by atoms with van der Waals surface area (Å²) in [7, 11) is 0. The first-order valence-electron chi connectivity index (χ1n) is 6.84. The topological polar surface area (TPSA) is 89.2 Å². The van der Waals surface area contributed by atoms with E-state index in [2.05, 4.69) is 32.1 Å². The SMILES string of the molecule is CCOc1nc(N)nc(NC2CCCN(CC)C2)n1. The van der Waals surface area contributed by atoms with Crippen molar-refractivity contribution in [2.45, 2.75) is 32.7 Å². The highest BCUT2D eigenvalue weighted by Crippen LogP contribution is 2.15. The Balaban J connectivity index is 2.01. The Bertz CT molecular complexity index is 413. The molecule has 1 unspecified atom stereocenters. The van der Waals surface area contributed by atoms with Crippen LogP contribution in [0.5, 0.6) is 6.01 Å². The first kappa shape index (κ1) is 13.8. The number of ether oxygens (including phenoxy) is 1. The van der Waals surface area contributed by atoms with Gasteiger partial charge in [0.15, 0.2) is 0 Å². The maximum Gasteiger partial charge on any atom is 0.323 e. The summed E-state index contributed by atoms with van der Waals surface area (Å²) in [4.78, 5) is 14.7. The average molecular weight is 266 g/mol. The molecule has 0 amide bonds. The molecule has 0 bridgehead atoms. The third kappa shape index (κ3) is 3.92. The van der Waals surface area contributed by atoms with Crippen LogP contribution < -0.4 is 15.8 Å². The lowest BCUT2D eigenvalue weighted by molar-refractivity contribution is 0.226. The number of hydrogen-bond acceptors (Lipinski definition) is 7. The van der Waals surface area contributed by atoms with Gasteiger partial charge in [0.1, 0.15) is 0 Å². The highest BCUT2D eigenvalue weighted by molar-refractivity contribution is 5.33. The minimum Gasteiger partial charge on any atom is -0.464 e. The molecule has 1 aromatic heterocycles. The minimum absolute atomic E-state index is 0.184. The van der Waals surface area contributed by atoms with Gasteiger partial charge in [0, 0.05) is 12.6 Å². The van der Waals surface area contributed by atoms with Crippen LogP contribution in [-0.4, -0.2) is 52.1 Å². The van der Waals surface area contributed by atoms with Crippen LogP contribution in [0.1, 0.15) is 26.7 Å². The smallest absolute Gasteiger partial charge is 0.323 e. The van der Waals surface area contributed by atoms with E-state index in [1.54, 1.807) is 0 Å². The summed E-state index contributed by atoms with van der Waals surface area (Å²) < 4.78 is 5.27. The van der Waals surface area contributed by atoms with E-state index in [9.17, 15) is 0 Å². The predicted octanol–water partition coefficient (Wildman–Crippen LogP) is 0.749. The van der Waals surface area contributed by atoms with E-state index >= 15 is 0 Å². The molecule has 1 fully saturated rings. The van der Waals surface area contributed by atoms with Crippen LogP contribution in [0.15, 0.2) is 0 Å². The molecule has 0 spiro atoms. The summed E-state index contributed by atoms with van der Waals surface area (Å²) >= 11 is 0. The zero-order chi connectivity index (χ0) is 13.7. The standard InChI is InChI=1S/C12H22N6O/c1-3-18-7-5-6-9(8-18)14-11-15-10(13)16-12(17-11)19-4-2/h9H,3-8H2,1-2H3,(H3,13,14,15,16,17). The first-order valence-corrected chi connectivity index (χ1v) is 6.84. The number of rotatable bonds is 5. The Hall–Kier alpha value is -1.63. The van der Waals surface area contributed by atoms with Crippen LogP contribution in [0.2, 0.25) is 0 Å². The maximum absolute atomic E-state index is 5.66. The second kappa shape index (κ2) is 6.51. The van der Waals surface area contributed by atoms with Crippen molar-refractivity contribution in [1.29, 1.82) is 0 Å². The van der Waals surface area contributed by atoms with Crippen LogP contribution >= 0.6 is 0 Å². The summed E-state index contributed by atoms with van der Waals surface area (Å²) in [6.07, 6.45) is 2.30. The van der Waals surface area contributed by atoms with Gasteiger partial charge in [0.05, 0.1) is 6.61 Å². The number of nitrogens with two attached hydrogens (primary N) is 1. The molecule has 1 atom stereocenters. The number of likely N-dealkylation sites (tertiary alicyclic amines) is 1. The van der Waals surface area contributed by atoms with Crippen molar-refractivity contribution in [2.75, 3.05) is 37.3 Å². The number of aromatic nitrogens is 3. The van der Waals surface area contributed by atoms with E-state index in [4.69, 9.17) is 10.5 Å². The Morgan fingerprint density at radius 3 is 2.95 bits per heavy atom.